The van der Waals surface area contributed by atoms with E-state index in [9.17, 15) is 4.79 Å². The lowest BCUT2D eigenvalue weighted by Gasteiger charge is -2.16. The maximum Gasteiger partial charge on any atom is 0.311 e. The molecule has 0 atom stereocenters. The van der Waals surface area contributed by atoms with Gasteiger partial charge in [-0.25, -0.2) is 0 Å². The minimum Gasteiger partial charge on any atom is -0.458 e. The molecule has 77 valence electrons. The summed E-state index contributed by atoms with van der Waals surface area (Å²) in [6.07, 6.45) is 1.91. The Morgan fingerprint density at radius 2 is 1.92 bits per heavy atom. The molecule has 2 heteroatoms. The summed E-state index contributed by atoms with van der Waals surface area (Å²) in [5.74, 6) is 0.501. The molecule has 0 aromatic rings. The van der Waals surface area contributed by atoms with Gasteiger partial charge in [-0.1, -0.05) is 13.8 Å². The molecule has 0 spiro atoms. The normalized spacial score (nSPS) is 11.8. The van der Waals surface area contributed by atoms with Gasteiger partial charge < -0.3 is 4.74 Å². The Balaban J connectivity index is 3.49. The zero-order chi connectivity index (χ0) is 10.5. The Kier molecular flexibility index (Phi) is 5.04. The van der Waals surface area contributed by atoms with E-state index in [-0.39, 0.29) is 5.97 Å². The van der Waals surface area contributed by atoms with Crippen LogP contribution >= 0.6 is 0 Å². The van der Waals surface area contributed by atoms with Gasteiger partial charge in [-0.3, -0.25) is 4.79 Å². The molecular formula is C11H21O2. The van der Waals surface area contributed by atoms with Crippen molar-refractivity contribution in [3.05, 3.63) is 6.61 Å². The van der Waals surface area contributed by atoms with Crippen molar-refractivity contribution >= 4 is 5.97 Å². The van der Waals surface area contributed by atoms with E-state index in [1.807, 2.05) is 20.8 Å². The maximum absolute atomic E-state index is 11.3. The summed E-state index contributed by atoms with van der Waals surface area (Å²) in [6.45, 7) is 11.5. The smallest absolute Gasteiger partial charge is 0.311 e. The molecule has 1 radical (unpaired) electrons. The lowest BCUT2D eigenvalue weighted by atomic mass is 9.97. The molecule has 0 heterocycles. The molecule has 0 aliphatic carbocycles. The van der Waals surface area contributed by atoms with Gasteiger partial charge in [0.1, 0.15) is 6.61 Å². The van der Waals surface area contributed by atoms with Gasteiger partial charge in [0.25, 0.3) is 0 Å². The summed E-state index contributed by atoms with van der Waals surface area (Å²) in [5, 5.41) is 0. The highest BCUT2D eigenvalue weighted by molar-refractivity contribution is 5.75. The molecule has 0 N–H and O–H groups in total. The van der Waals surface area contributed by atoms with Gasteiger partial charge in [-0.2, -0.15) is 0 Å². The minimum atomic E-state index is -0.395. The number of hydrogen-bond acceptors (Lipinski definition) is 2. The van der Waals surface area contributed by atoms with Crippen LogP contribution in [0.4, 0.5) is 0 Å². The summed E-state index contributed by atoms with van der Waals surface area (Å²) < 4.78 is 4.99. The molecular weight excluding hydrogens is 164 g/mol. The van der Waals surface area contributed by atoms with E-state index in [4.69, 9.17) is 4.74 Å². The van der Waals surface area contributed by atoms with Crippen LogP contribution in [0.1, 0.15) is 47.5 Å². The minimum absolute atomic E-state index is 0.156. The Bertz CT molecular complexity index is 154. The largest absolute Gasteiger partial charge is 0.458 e. The predicted molar refractivity (Wildman–Crippen MR) is 53.9 cm³/mol. The Hall–Kier alpha value is -0.530. The fraction of sp³-hybridized carbons (Fsp3) is 0.818. The molecule has 0 aromatic carbocycles. The average molecular weight is 185 g/mol. The van der Waals surface area contributed by atoms with E-state index in [1.165, 1.54) is 0 Å². The summed E-state index contributed by atoms with van der Waals surface area (Å²) >= 11 is 0. The number of ether oxygens (including phenoxy) is 1. The van der Waals surface area contributed by atoms with Crippen LogP contribution < -0.4 is 0 Å². The molecule has 0 unspecified atom stereocenters. The van der Waals surface area contributed by atoms with Gasteiger partial charge in [0.15, 0.2) is 0 Å². The number of rotatable bonds is 4. The fourth-order valence-corrected chi connectivity index (χ4v) is 0.713. The van der Waals surface area contributed by atoms with E-state index in [2.05, 4.69) is 13.8 Å². The number of hydrogen-bond donors (Lipinski definition) is 0. The van der Waals surface area contributed by atoms with Crippen molar-refractivity contribution in [3.8, 4) is 0 Å². The third-order valence-electron chi connectivity index (χ3n) is 1.66. The summed E-state index contributed by atoms with van der Waals surface area (Å²) in [4.78, 5) is 11.3. The zero-order valence-electron chi connectivity index (χ0n) is 9.39. The van der Waals surface area contributed by atoms with Crippen molar-refractivity contribution < 1.29 is 9.53 Å². The third kappa shape index (κ3) is 6.62. The van der Waals surface area contributed by atoms with Crippen molar-refractivity contribution in [2.24, 2.45) is 11.3 Å². The molecule has 0 amide bonds. The van der Waals surface area contributed by atoms with Crippen LogP contribution in [0.15, 0.2) is 0 Å². The van der Waals surface area contributed by atoms with Crippen LogP contribution in [-0.2, 0) is 9.53 Å². The molecule has 0 fully saturated rings. The van der Waals surface area contributed by atoms with Gasteiger partial charge in [0.05, 0.1) is 5.41 Å². The highest BCUT2D eigenvalue weighted by Crippen LogP contribution is 2.16. The van der Waals surface area contributed by atoms with Crippen LogP contribution in [0.3, 0.4) is 0 Å². The standard InChI is InChI=1S/C11H21O2/c1-9(2)7-6-8-13-10(12)11(3,4)5/h8-9H,6-7H2,1-5H3. The SMILES string of the molecule is CC(C)CC[CH]OC(=O)C(C)(C)C. The van der Waals surface area contributed by atoms with Gasteiger partial charge in [-0.15, -0.1) is 0 Å². The molecule has 0 saturated carbocycles. The van der Waals surface area contributed by atoms with Crippen molar-refractivity contribution in [1.82, 2.24) is 0 Å². The second-order valence-electron chi connectivity index (χ2n) is 4.79. The monoisotopic (exact) mass is 185 g/mol. The molecule has 0 aliphatic rings. The van der Waals surface area contributed by atoms with Gasteiger partial charge >= 0.3 is 5.97 Å². The molecule has 0 bridgehead atoms. The van der Waals surface area contributed by atoms with Gasteiger partial charge in [-0.05, 0) is 39.5 Å². The quantitative estimate of drug-likeness (QED) is 0.496. The molecule has 13 heavy (non-hydrogen) atoms. The van der Waals surface area contributed by atoms with Crippen LogP contribution in [0.5, 0.6) is 0 Å². The highest BCUT2D eigenvalue weighted by atomic mass is 16.5. The van der Waals surface area contributed by atoms with E-state index in [0.29, 0.717) is 5.92 Å². The fourth-order valence-electron chi connectivity index (χ4n) is 0.713. The molecule has 2 nitrogen and oxygen atoms in total. The highest BCUT2D eigenvalue weighted by Gasteiger charge is 2.22. The first kappa shape index (κ1) is 12.5. The number of carbonyl (C=O) groups is 1. The van der Waals surface area contributed by atoms with E-state index in [1.54, 1.807) is 6.61 Å². The molecule has 0 aliphatic heterocycles. The second kappa shape index (κ2) is 5.25. The second-order valence-corrected chi connectivity index (χ2v) is 4.79. The molecule has 0 aromatic heterocycles. The predicted octanol–water partition coefficient (Wildman–Crippen LogP) is 3.17. The van der Waals surface area contributed by atoms with Crippen LogP contribution in [0, 0.1) is 17.9 Å². The number of carbonyl (C=O) groups excluding carboxylic acids is 1. The lowest BCUT2D eigenvalue weighted by Crippen LogP contribution is -2.21. The Labute approximate surface area is 81.7 Å². The lowest BCUT2D eigenvalue weighted by molar-refractivity contribution is -0.149. The average Bonchev–Trinajstić information content (AvgIpc) is 1.95. The maximum atomic E-state index is 11.3. The Morgan fingerprint density at radius 1 is 1.38 bits per heavy atom. The first-order valence-electron chi connectivity index (χ1n) is 4.87. The first-order valence-corrected chi connectivity index (χ1v) is 4.87. The van der Waals surface area contributed by atoms with E-state index < -0.39 is 5.41 Å². The number of esters is 1. The molecule has 0 rings (SSSR count). The van der Waals surface area contributed by atoms with Gasteiger partial charge in [0, 0.05) is 0 Å². The van der Waals surface area contributed by atoms with Crippen LogP contribution in [0.25, 0.3) is 0 Å². The van der Waals surface area contributed by atoms with E-state index in [0.717, 1.165) is 12.8 Å². The Morgan fingerprint density at radius 3 is 2.31 bits per heavy atom. The van der Waals surface area contributed by atoms with Gasteiger partial charge in [0.2, 0.25) is 0 Å². The summed E-state index contributed by atoms with van der Waals surface area (Å²) in [5.41, 5.74) is -0.395. The van der Waals surface area contributed by atoms with Crippen molar-refractivity contribution in [2.75, 3.05) is 0 Å². The van der Waals surface area contributed by atoms with Crippen LogP contribution in [0.2, 0.25) is 0 Å². The van der Waals surface area contributed by atoms with Crippen LogP contribution in [-0.4, -0.2) is 5.97 Å². The molecule has 0 saturated heterocycles. The van der Waals surface area contributed by atoms with E-state index >= 15 is 0 Å². The topological polar surface area (TPSA) is 26.3 Å². The third-order valence-corrected chi connectivity index (χ3v) is 1.66. The summed E-state index contributed by atoms with van der Waals surface area (Å²) in [6, 6.07) is 0. The zero-order valence-corrected chi connectivity index (χ0v) is 9.39. The van der Waals surface area contributed by atoms with Crippen molar-refractivity contribution in [2.45, 2.75) is 47.5 Å². The van der Waals surface area contributed by atoms with Crippen molar-refractivity contribution in [3.63, 3.8) is 0 Å². The first-order chi connectivity index (χ1) is 5.84. The summed E-state index contributed by atoms with van der Waals surface area (Å²) in [7, 11) is 0. The van der Waals surface area contributed by atoms with Crippen molar-refractivity contribution in [1.29, 1.82) is 0 Å².